The van der Waals surface area contributed by atoms with E-state index in [1.165, 1.54) is 13.2 Å². The number of carbonyl (C=O) groups is 4. The molecular weight excluding hydrogens is 411 g/mol. The van der Waals surface area contributed by atoms with Crippen molar-refractivity contribution in [2.45, 2.75) is 33.1 Å². The van der Waals surface area contributed by atoms with Crippen molar-refractivity contribution in [3.05, 3.63) is 29.3 Å². The molecule has 0 spiro atoms. The Bertz CT molecular complexity index is 853. The van der Waals surface area contributed by atoms with E-state index < -0.39 is 49.2 Å². The maximum absolute atomic E-state index is 12.4. The van der Waals surface area contributed by atoms with E-state index in [-0.39, 0.29) is 24.3 Å². The van der Waals surface area contributed by atoms with Gasteiger partial charge >= 0.3 is 25.2 Å². The Morgan fingerprint density at radius 3 is 2.58 bits per heavy atom. The first-order chi connectivity index (χ1) is 14.5. The maximum Gasteiger partial charge on any atom is 0.547 e. The predicted octanol–water partition coefficient (Wildman–Crippen LogP) is 0.186. The molecule has 0 unspecified atom stereocenters. The topological polar surface area (TPSA) is 149 Å². The molecule has 0 saturated heterocycles. The second kappa shape index (κ2) is 10.2. The molecular formula is C19H25BN2O9. The van der Waals surface area contributed by atoms with E-state index >= 15 is 0 Å². The number of rotatable bonds is 6. The molecule has 12 heteroatoms. The lowest BCUT2D eigenvalue weighted by Crippen LogP contribution is -2.54. The third kappa shape index (κ3) is 6.61. The van der Waals surface area contributed by atoms with Crippen LogP contribution in [0, 0.1) is 5.41 Å². The van der Waals surface area contributed by atoms with Gasteiger partial charge in [-0.05, 0) is 38.8 Å². The third-order valence-corrected chi connectivity index (χ3v) is 4.26. The summed E-state index contributed by atoms with van der Waals surface area (Å²) >= 11 is 0. The molecule has 0 fully saturated rings. The Kier molecular flexibility index (Phi) is 7.86. The van der Waals surface area contributed by atoms with Crippen LogP contribution in [-0.4, -0.2) is 62.5 Å². The predicted molar refractivity (Wildman–Crippen MR) is 107 cm³/mol. The Hall–Kier alpha value is -3.28. The van der Waals surface area contributed by atoms with Gasteiger partial charge in [0.2, 0.25) is 12.7 Å². The quantitative estimate of drug-likeness (QED) is 0.323. The highest BCUT2D eigenvalue weighted by Gasteiger charge is 2.38. The van der Waals surface area contributed by atoms with Gasteiger partial charge in [-0.3, -0.25) is 9.59 Å². The molecule has 1 heterocycles. The van der Waals surface area contributed by atoms with Crippen LogP contribution in [0.4, 0.5) is 4.79 Å². The minimum absolute atomic E-state index is 0.0421. The van der Waals surface area contributed by atoms with Gasteiger partial charge < -0.3 is 34.5 Å². The maximum atomic E-state index is 12.4. The molecule has 0 aromatic heterocycles. The van der Waals surface area contributed by atoms with Crippen molar-refractivity contribution >= 4 is 31.1 Å². The average molecular weight is 436 g/mol. The fourth-order valence-electron chi connectivity index (χ4n) is 2.62. The number of hydrogen-bond acceptors (Lipinski definition) is 9. The van der Waals surface area contributed by atoms with E-state index in [2.05, 4.69) is 15.4 Å². The minimum atomic E-state index is -1.44. The molecule has 31 heavy (non-hydrogen) atoms. The smallest absolute Gasteiger partial charge is 0.534 e. The number of alkyl carbamates (subject to hydrolysis) is 1. The molecule has 1 atom stereocenters. The van der Waals surface area contributed by atoms with E-state index in [0.717, 1.165) is 0 Å². The average Bonchev–Trinajstić information content (AvgIpc) is 2.71. The number of methoxy groups -OCH3 is 1. The molecule has 2 rings (SSSR count). The first-order valence-electron chi connectivity index (χ1n) is 9.45. The van der Waals surface area contributed by atoms with Gasteiger partial charge in [0.05, 0.1) is 25.0 Å². The Morgan fingerprint density at radius 1 is 1.23 bits per heavy atom. The number of carbonyl (C=O) groups excluding carboxylic acids is 4. The zero-order chi connectivity index (χ0) is 23.2. The molecule has 1 aromatic rings. The monoisotopic (exact) mass is 436 g/mol. The number of nitrogens with one attached hydrogen (secondary N) is 2. The van der Waals surface area contributed by atoms with E-state index in [0.29, 0.717) is 5.56 Å². The van der Waals surface area contributed by atoms with Gasteiger partial charge in [0.1, 0.15) is 11.3 Å². The highest BCUT2D eigenvalue weighted by atomic mass is 16.7. The van der Waals surface area contributed by atoms with E-state index in [1.54, 1.807) is 32.9 Å². The molecule has 0 aliphatic carbocycles. The highest BCUT2D eigenvalue weighted by molar-refractivity contribution is 6.47. The minimum Gasteiger partial charge on any atom is -0.534 e. The summed E-state index contributed by atoms with van der Waals surface area (Å²) in [5, 5.41) is 15.0. The van der Waals surface area contributed by atoms with Crippen molar-refractivity contribution in [2.24, 2.45) is 5.41 Å². The molecule has 0 bridgehead atoms. The number of ether oxygens (including phenoxy) is 3. The van der Waals surface area contributed by atoms with Gasteiger partial charge in [-0.15, -0.1) is 0 Å². The fourth-order valence-corrected chi connectivity index (χ4v) is 2.62. The Morgan fingerprint density at radius 2 is 1.94 bits per heavy atom. The van der Waals surface area contributed by atoms with Crippen LogP contribution in [0.5, 0.6) is 5.75 Å². The van der Waals surface area contributed by atoms with Gasteiger partial charge in [-0.2, -0.15) is 0 Å². The number of hydrogen-bond donors (Lipinski definition) is 3. The van der Waals surface area contributed by atoms with Crippen molar-refractivity contribution < 1.29 is 43.1 Å². The molecule has 11 nitrogen and oxygen atoms in total. The van der Waals surface area contributed by atoms with Crippen LogP contribution in [0.3, 0.4) is 0 Å². The molecule has 168 valence electrons. The van der Waals surface area contributed by atoms with E-state index in [4.69, 9.17) is 14.1 Å². The molecule has 0 radical (unpaired) electrons. The molecule has 1 aliphatic heterocycles. The number of benzene rings is 1. The summed E-state index contributed by atoms with van der Waals surface area (Å²) in [4.78, 5) is 47.1. The zero-order valence-electron chi connectivity index (χ0n) is 17.7. The first-order valence-corrected chi connectivity index (χ1v) is 9.45. The summed E-state index contributed by atoms with van der Waals surface area (Å²) in [6, 6.07) is 4.71. The van der Waals surface area contributed by atoms with Crippen molar-refractivity contribution in [3.63, 3.8) is 0 Å². The standard InChI is InChI=1S/C19H25BN2O9/c1-19(2,3)17(25)30-10-29-16(24)12-7-5-6-11-8-13(20(27)31-15(11)12)22-14(23)9-21-18(26)28-4/h5-7,13,27H,8-10H2,1-4H3,(H,21,26)(H,22,23)/t13-/m0/s1. The molecule has 1 aromatic carbocycles. The third-order valence-electron chi connectivity index (χ3n) is 4.26. The summed E-state index contributed by atoms with van der Waals surface area (Å²) < 4.78 is 19.7. The van der Waals surface area contributed by atoms with Crippen molar-refractivity contribution in [3.8, 4) is 5.75 Å². The van der Waals surface area contributed by atoms with Crippen molar-refractivity contribution in [2.75, 3.05) is 20.4 Å². The zero-order valence-corrected chi connectivity index (χ0v) is 17.7. The number of para-hydroxylation sites is 1. The molecule has 3 N–H and O–H groups in total. The number of fused-ring (bicyclic) bond motifs is 1. The molecule has 1 aliphatic rings. The molecule has 0 saturated carbocycles. The summed E-state index contributed by atoms with van der Waals surface area (Å²) in [5.74, 6) is -2.57. The number of amides is 2. The van der Waals surface area contributed by atoms with Crippen LogP contribution in [0.2, 0.25) is 0 Å². The lowest BCUT2D eigenvalue weighted by atomic mass is 9.72. The van der Waals surface area contributed by atoms with Crippen LogP contribution in [0.15, 0.2) is 18.2 Å². The molecule has 2 amide bonds. The van der Waals surface area contributed by atoms with Crippen LogP contribution in [0.25, 0.3) is 0 Å². The van der Waals surface area contributed by atoms with Crippen molar-refractivity contribution in [1.29, 1.82) is 0 Å². The first kappa shape index (κ1) is 24.0. The van der Waals surface area contributed by atoms with Crippen LogP contribution in [-0.2, 0) is 30.2 Å². The van der Waals surface area contributed by atoms with E-state index in [9.17, 15) is 24.2 Å². The SMILES string of the molecule is COC(=O)NCC(=O)N[C@H]1Cc2cccc(C(=O)OCOC(=O)C(C)(C)C)c2OB1O. The lowest BCUT2D eigenvalue weighted by molar-refractivity contribution is -0.161. The normalized spacial score (nSPS) is 15.1. The van der Waals surface area contributed by atoms with Crippen molar-refractivity contribution in [1.82, 2.24) is 10.6 Å². The highest BCUT2D eigenvalue weighted by Crippen LogP contribution is 2.30. The summed E-state index contributed by atoms with van der Waals surface area (Å²) in [6.07, 6.45) is -0.599. The van der Waals surface area contributed by atoms with E-state index in [1.807, 2.05) is 0 Å². The largest absolute Gasteiger partial charge is 0.547 e. The summed E-state index contributed by atoms with van der Waals surface area (Å²) in [6.45, 7) is 4.09. The summed E-state index contributed by atoms with van der Waals surface area (Å²) in [7, 11) is -0.276. The Labute approximate surface area is 179 Å². The van der Waals surface area contributed by atoms with Crippen LogP contribution < -0.4 is 15.3 Å². The second-order valence-electron chi connectivity index (χ2n) is 7.76. The second-order valence-corrected chi connectivity index (χ2v) is 7.76. The number of esters is 2. The van der Waals surface area contributed by atoms with Gasteiger partial charge in [-0.25, -0.2) is 9.59 Å². The van der Waals surface area contributed by atoms with Gasteiger partial charge in [-0.1, -0.05) is 12.1 Å². The van der Waals surface area contributed by atoms with Gasteiger partial charge in [0.25, 0.3) is 0 Å². The fraction of sp³-hybridized carbons (Fsp3) is 0.474. The van der Waals surface area contributed by atoms with Gasteiger partial charge in [0, 0.05) is 0 Å². The summed E-state index contributed by atoms with van der Waals surface area (Å²) in [5.41, 5.74) is -0.143. The van der Waals surface area contributed by atoms with Gasteiger partial charge in [0.15, 0.2) is 0 Å². The lowest BCUT2D eigenvalue weighted by Gasteiger charge is -2.29. The van der Waals surface area contributed by atoms with Crippen LogP contribution >= 0.6 is 0 Å². The Balaban J connectivity index is 2.00. The van der Waals surface area contributed by atoms with Crippen LogP contribution in [0.1, 0.15) is 36.7 Å².